The number of aliphatic carboxylic acids is 1. The monoisotopic (exact) mass is 287 g/mol. The first kappa shape index (κ1) is 14.1. The van der Waals surface area contributed by atoms with Gasteiger partial charge in [-0.3, -0.25) is 9.59 Å². The van der Waals surface area contributed by atoms with Gasteiger partial charge >= 0.3 is 5.97 Å². The van der Waals surface area contributed by atoms with Gasteiger partial charge in [0.25, 0.3) is 0 Å². The fourth-order valence-corrected chi connectivity index (χ4v) is 3.76. The molecule has 21 heavy (non-hydrogen) atoms. The normalized spacial score (nSPS) is 28.2. The van der Waals surface area contributed by atoms with Gasteiger partial charge < -0.3 is 10.0 Å². The Morgan fingerprint density at radius 1 is 1.14 bits per heavy atom. The number of hydrogen-bond donors (Lipinski definition) is 1. The Kier molecular flexibility index (Phi) is 3.70. The van der Waals surface area contributed by atoms with Crippen molar-refractivity contribution in [3.05, 3.63) is 35.4 Å². The van der Waals surface area contributed by atoms with Crippen LogP contribution in [0.25, 0.3) is 0 Å². The lowest BCUT2D eigenvalue weighted by molar-refractivity contribution is -0.149. The van der Waals surface area contributed by atoms with Crippen LogP contribution in [0.2, 0.25) is 0 Å². The number of fused-ring (bicyclic) bond motifs is 1. The summed E-state index contributed by atoms with van der Waals surface area (Å²) in [7, 11) is 0. The molecule has 112 valence electrons. The van der Waals surface area contributed by atoms with E-state index in [1.165, 1.54) is 11.1 Å². The van der Waals surface area contributed by atoms with Crippen LogP contribution in [0.4, 0.5) is 0 Å². The van der Waals surface area contributed by atoms with Crippen LogP contribution < -0.4 is 0 Å². The van der Waals surface area contributed by atoms with Crippen molar-refractivity contribution in [3.8, 4) is 0 Å². The fourth-order valence-electron chi connectivity index (χ4n) is 3.76. The highest BCUT2D eigenvalue weighted by Crippen LogP contribution is 2.38. The van der Waals surface area contributed by atoms with E-state index in [1.807, 2.05) is 24.0 Å². The molecule has 1 aliphatic heterocycles. The van der Waals surface area contributed by atoms with Gasteiger partial charge in [0.1, 0.15) is 0 Å². The van der Waals surface area contributed by atoms with Crippen molar-refractivity contribution < 1.29 is 14.7 Å². The van der Waals surface area contributed by atoms with Crippen LogP contribution in [0.15, 0.2) is 24.3 Å². The van der Waals surface area contributed by atoms with E-state index in [0.29, 0.717) is 31.8 Å². The van der Waals surface area contributed by atoms with E-state index in [2.05, 4.69) is 12.1 Å². The third-order valence-electron chi connectivity index (χ3n) is 4.88. The second-order valence-corrected chi connectivity index (χ2v) is 6.41. The van der Waals surface area contributed by atoms with Crippen molar-refractivity contribution in [1.82, 2.24) is 4.90 Å². The molecule has 1 N–H and O–H groups in total. The van der Waals surface area contributed by atoms with Crippen LogP contribution in [0.3, 0.4) is 0 Å². The Bertz CT molecular complexity index is 569. The molecule has 1 saturated carbocycles. The van der Waals surface area contributed by atoms with Crippen LogP contribution in [0, 0.1) is 17.8 Å². The minimum absolute atomic E-state index is 0.0289. The molecule has 3 unspecified atom stereocenters. The van der Waals surface area contributed by atoms with Gasteiger partial charge in [-0.05, 0) is 36.3 Å². The van der Waals surface area contributed by atoms with E-state index >= 15 is 0 Å². The fraction of sp³-hybridized carbons (Fsp3) is 0.529. The zero-order chi connectivity index (χ0) is 15.0. The molecule has 0 aromatic heterocycles. The van der Waals surface area contributed by atoms with E-state index in [4.69, 9.17) is 0 Å². The molecule has 0 saturated heterocycles. The first-order valence-electron chi connectivity index (χ1n) is 7.64. The minimum atomic E-state index is -0.824. The summed E-state index contributed by atoms with van der Waals surface area (Å²) in [5.74, 6) is -1.33. The van der Waals surface area contributed by atoms with Gasteiger partial charge in [-0.15, -0.1) is 0 Å². The number of nitrogens with zero attached hydrogens (tertiary/aromatic N) is 1. The zero-order valence-electron chi connectivity index (χ0n) is 12.3. The predicted molar refractivity (Wildman–Crippen MR) is 78.6 cm³/mol. The van der Waals surface area contributed by atoms with E-state index < -0.39 is 11.9 Å². The van der Waals surface area contributed by atoms with Gasteiger partial charge in [0, 0.05) is 13.1 Å². The maximum Gasteiger partial charge on any atom is 0.307 e. The van der Waals surface area contributed by atoms with Crippen LogP contribution in [-0.2, 0) is 22.6 Å². The van der Waals surface area contributed by atoms with Gasteiger partial charge in [0.2, 0.25) is 5.91 Å². The maximum atomic E-state index is 12.7. The molecule has 0 spiro atoms. The van der Waals surface area contributed by atoms with E-state index in [9.17, 15) is 14.7 Å². The Morgan fingerprint density at radius 3 is 2.52 bits per heavy atom. The summed E-state index contributed by atoms with van der Waals surface area (Å²) >= 11 is 0. The van der Waals surface area contributed by atoms with Gasteiger partial charge in [0.05, 0.1) is 11.8 Å². The number of carboxylic acids is 1. The number of carbonyl (C=O) groups is 2. The van der Waals surface area contributed by atoms with E-state index in [0.717, 1.165) is 6.42 Å². The molecule has 1 aromatic rings. The minimum Gasteiger partial charge on any atom is -0.481 e. The summed E-state index contributed by atoms with van der Waals surface area (Å²) in [5, 5.41) is 9.34. The van der Waals surface area contributed by atoms with Gasteiger partial charge in [-0.2, -0.15) is 0 Å². The SMILES string of the molecule is CC1CC(C(=O)O)C(C(=O)N2CCc3ccccc3C2)C1. The topological polar surface area (TPSA) is 57.6 Å². The molecule has 3 atom stereocenters. The van der Waals surface area contributed by atoms with Crippen LogP contribution in [0.1, 0.15) is 30.9 Å². The van der Waals surface area contributed by atoms with Crippen molar-refractivity contribution >= 4 is 11.9 Å². The Labute approximate surface area is 124 Å². The van der Waals surface area contributed by atoms with Gasteiger partial charge in [-0.1, -0.05) is 31.2 Å². The highest BCUT2D eigenvalue weighted by molar-refractivity contribution is 5.85. The number of carboxylic acid groups (broad SMARTS) is 1. The molecule has 1 fully saturated rings. The first-order chi connectivity index (χ1) is 10.1. The smallest absolute Gasteiger partial charge is 0.307 e. The number of hydrogen-bond acceptors (Lipinski definition) is 2. The summed E-state index contributed by atoms with van der Waals surface area (Å²) in [6, 6.07) is 8.18. The molecule has 1 heterocycles. The molecule has 0 bridgehead atoms. The largest absolute Gasteiger partial charge is 0.481 e. The average molecular weight is 287 g/mol. The van der Waals surface area contributed by atoms with Crippen molar-refractivity contribution in [1.29, 1.82) is 0 Å². The third-order valence-corrected chi connectivity index (χ3v) is 4.88. The molecular formula is C17H21NO3. The maximum absolute atomic E-state index is 12.7. The summed E-state index contributed by atoms with van der Waals surface area (Å²) in [6.45, 7) is 3.36. The van der Waals surface area contributed by atoms with Gasteiger partial charge in [0.15, 0.2) is 0 Å². The van der Waals surface area contributed by atoms with E-state index in [1.54, 1.807) is 0 Å². The van der Waals surface area contributed by atoms with E-state index in [-0.39, 0.29) is 11.8 Å². The summed E-state index contributed by atoms with van der Waals surface area (Å²) in [6.07, 6.45) is 2.19. The van der Waals surface area contributed by atoms with Crippen LogP contribution >= 0.6 is 0 Å². The lowest BCUT2D eigenvalue weighted by atomic mass is 9.92. The Morgan fingerprint density at radius 2 is 1.81 bits per heavy atom. The molecule has 1 aliphatic carbocycles. The van der Waals surface area contributed by atoms with Crippen molar-refractivity contribution in [2.45, 2.75) is 32.7 Å². The molecule has 2 aliphatic rings. The van der Waals surface area contributed by atoms with Crippen molar-refractivity contribution in [3.63, 3.8) is 0 Å². The quantitative estimate of drug-likeness (QED) is 0.908. The zero-order valence-corrected chi connectivity index (χ0v) is 12.3. The average Bonchev–Trinajstić information content (AvgIpc) is 2.88. The highest BCUT2D eigenvalue weighted by Gasteiger charge is 2.43. The van der Waals surface area contributed by atoms with Crippen molar-refractivity contribution in [2.24, 2.45) is 17.8 Å². The molecule has 1 amide bonds. The third kappa shape index (κ3) is 2.67. The highest BCUT2D eigenvalue weighted by atomic mass is 16.4. The molecule has 4 heteroatoms. The second-order valence-electron chi connectivity index (χ2n) is 6.41. The summed E-state index contributed by atoms with van der Waals surface area (Å²) in [4.78, 5) is 26.0. The second kappa shape index (κ2) is 5.51. The standard InChI is InChI=1S/C17H21NO3/c1-11-8-14(15(9-11)17(20)21)16(19)18-7-6-12-4-2-3-5-13(12)10-18/h2-5,11,14-15H,6-10H2,1H3,(H,20,21). The number of rotatable bonds is 2. The van der Waals surface area contributed by atoms with Crippen LogP contribution in [0.5, 0.6) is 0 Å². The number of carbonyl (C=O) groups excluding carboxylic acids is 1. The molecule has 3 rings (SSSR count). The number of amides is 1. The lowest BCUT2D eigenvalue weighted by Gasteiger charge is -2.31. The summed E-state index contributed by atoms with van der Waals surface area (Å²) in [5.41, 5.74) is 2.49. The molecule has 1 aromatic carbocycles. The summed E-state index contributed by atoms with van der Waals surface area (Å²) < 4.78 is 0. The number of benzene rings is 1. The van der Waals surface area contributed by atoms with Crippen LogP contribution in [-0.4, -0.2) is 28.4 Å². The molecule has 0 radical (unpaired) electrons. The van der Waals surface area contributed by atoms with Gasteiger partial charge in [-0.25, -0.2) is 0 Å². The Balaban J connectivity index is 1.76. The first-order valence-corrected chi connectivity index (χ1v) is 7.64. The Hall–Kier alpha value is -1.84. The predicted octanol–water partition coefficient (Wildman–Crippen LogP) is 2.32. The lowest BCUT2D eigenvalue weighted by Crippen LogP contribution is -2.42. The molecule has 4 nitrogen and oxygen atoms in total. The molecular weight excluding hydrogens is 266 g/mol. The van der Waals surface area contributed by atoms with Crippen molar-refractivity contribution in [2.75, 3.05) is 6.54 Å².